The first-order chi connectivity index (χ1) is 18.3. The van der Waals surface area contributed by atoms with Crippen LogP contribution >= 0.6 is 0 Å². The molecular weight excluding hydrogens is 470 g/mol. The molecule has 0 atom stereocenters. The lowest BCUT2D eigenvalue weighted by Crippen LogP contribution is -2.24. The Morgan fingerprint density at radius 1 is 0.895 bits per heavy atom. The number of rotatable bonds is 12. The highest BCUT2D eigenvalue weighted by Gasteiger charge is 2.13. The summed E-state index contributed by atoms with van der Waals surface area (Å²) in [5.74, 6) is 2.05. The summed E-state index contributed by atoms with van der Waals surface area (Å²) in [6.07, 6.45) is 4.89. The maximum atomic E-state index is 12.3. The van der Waals surface area contributed by atoms with E-state index in [1.165, 1.54) is 11.1 Å². The van der Waals surface area contributed by atoms with Gasteiger partial charge in [-0.15, -0.1) is 0 Å². The van der Waals surface area contributed by atoms with Crippen LogP contribution in [0.15, 0.2) is 72.8 Å². The van der Waals surface area contributed by atoms with Crippen LogP contribution in [-0.4, -0.2) is 28.6 Å². The number of nitrogens with one attached hydrogen (secondary N) is 1. The molecule has 0 spiro atoms. The fourth-order valence-electron chi connectivity index (χ4n) is 4.62. The van der Waals surface area contributed by atoms with E-state index in [2.05, 4.69) is 73.1 Å². The van der Waals surface area contributed by atoms with Gasteiger partial charge in [0.2, 0.25) is 0 Å². The largest absolute Gasteiger partial charge is 0.494 e. The molecule has 0 saturated heterocycles. The maximum Gasteiger partial charge on any atom is 0.251 e. The monoisotopic (exact) mass is 511 g/mol. The van der Waals surface area contributed by atoms with Crippen LogP contribution in [-0.2, 0) is 18.4 Å². The average Bonchev–Trinajstić information content (AvgIpc) is 3.26. The lowest BCUT2D eigenvalue weighted by Gasteiger charge is -2.19. The van der Waals surface area contributed by atoms with Crippen molar-refractivity contribution >= 4 is 16.9 Å². The van der Waals surface area contributed by atoms with Crippen LogP contribution in [0.2, 0.25) is 0 Å². The third kappa shape index (κ3) is 7.47. The fraction of sp³-hybridized carbons (Fsp3) is 0.394. The van der Waals surface area contributed by atoms with Crippen molar-refractivity contribution in [1.82, 2.24) is 14.9 Å². The number of aromatic nitrogens is 2. The topological polar surface area (TPSA) is 56.2 Å². The molecule has 3 aromatic carbocycles. The van der Waals surface area contributed by atoms with Crippen LogP contribution in [0.5, 0.6) is 5.75 Å². The van der Waals surface area contributed by atoms with Crippen molar-refractivity contribution in [2.24, 2.45) is 0 Å². The number of para-hydroxylation sites is 2. The molecule has 5 heteroatoms. The van der Waals surface area contributed by atoms with Gasteiger partial charge in [0, 0.05) is 25.1 Å². The highest BCUT2D eigenvalue weighted by molar-refractivity contribution is 5.94. The molecule has 0 aliphatic carbocycles. The second-order valence-electron chi connectivity index (χ2n) is 11.1. The number of hydrogen-bond acceptors (Lipinski definition) is 3. The van der Waals surface area contributed by atoms with Crippen molar-refractivity contribution in [3.63, 3.8) is 0 Å². The molecule has 4 aromatic rings. The molecular formula is C33H41N3O2. The number of carbonyl (C=O) groups excluding carboxylic acids is 1. The lowest BCUT2D eigenvalue weighted by atomic mass is 9.87. The molecule has 4 rings (SSSR count). The number of aryl methyl sites for hydroxylation is 3. The molecule has 0 saturated carbocycles. The van der Waals surface area contributed by atoms with E-state index in [4.69, 9.17) is 9.72 Å². The standard InChI is InChI=1S/C33H41N3O2/c1-25-14-16-26(17-15-25)32(37)34-22-9-5-6-13-31-35-29-11-7-8-12-30(29)36(31)23-10-24-38-28-20-18-27(19-21-28)33(2,3)4/h7-8,11-12,14-21H,5-6,9-10,13,22-24H2,1-4H3,(H,34,37). The van der Waals surface area contributed by atoms with Crippen LogP contribution in [0.4, 0.5) is 0 Å². The molecule has 5 nitrogen and oxygen atoms in total. The molecule has 1 heterocycles. The summed E-state index contributed by atoms with van der Waals surface area (Å²) in [7, 11) is 0. The van der Waals surface area contributed by atoms with Crippen LogP contribution in [0, 0.1) is 6.92 Å². The van der Waals surface area contributed by atoms with E-state index in [1.54, 1.807) is 0 Å². The molecule has 200 valence electrons. The predicted molar refractivity (Wildman–Crippen MR) is 156 cm³/mol. The fourth-order valence-corrected chi connectivity index (χ4v) is 4.62. The minimum atomic E-state index is -0.000780. The Morgan fingerprint density at radius 2 is 1.63 bits per heavy atom. The van der Waals surface area contributed by atoms with Gasteiger partial charge in [-0.3, -0.25) is 4.79 Å². The third-order valence-corrected chi connectivity index (χ3v) is 6.93. The summed E-state index contributed by atoms with van der Waals surface area (Å²) in [4.78, 5) is 17.2. The Kier molecular flexibility index (Phi) is 9.22. The normalized spacial score (nSPS) is 11.6. The van der Waals surface area contributed by atoms with E-state index >= 15 is 0 Å². The number of ether oxygens (including phenoxy) is 1. The quantitative estimate of drug-likeness (QED) is 0.204. The zero-order valence-corrected chi connectivity index (χ0v) is 23.3. The van der Waals surface area contributed by atoms with Gasteiger partial charge in [-0.25, -0.2) is 4.98 Å². The summed E-state index contributed by atoms with van der Waals surface area (Å²) in [6, 6.07) is 24.5. The summed E-state index contributed by atoms with van der Waals surface area (Å²) in [6.45, 7) is 10.9. The van der Waals surface area contributed by atoms with E-state index < -0.39 is 0 Å². The molecule has 1 amide bonds. The number of unbranched alkanes of at least 4 members (excludes halogenated alkanes) is 2. The van der Waals surface area contributed by atoms with Crippen LogP contribution in [0.1, 0.15) is 73.8 Å². The van der Waals surface area contributed by atoms with Gasteiger partial charge in [-0.2, -0.15) is 0 Å². The molecule has 0 unspecified atom stereocenters. The summed E-state index contributed by atoms with van der Waals surface area (Å²) < 4.78 is 8.39. The number of amides is 1. The molecule has 0 bridgehead atoms. The Bertz CT molecular complexity index is 1320. The molecule has 1 aromatic heterocycles. The molecule has 38 heavy (non-hydrogen) atoms. The highest BCUT2D eigenvalue weighted by atomic mass is 16.5. The molecule has 0 aliphatic heterocycles. The van der Waals surface area contributed by atoms with Crippen molar-refractivity contribution in [1.29, 1.82) is 0 Å². The van der Waals surface area contributed by atoms with Crippen LogP contribution in [0.3, 0.4) is 0 Å². The average molecular weight is 512 g/mol. The number of nitrogens with zero attached hydrogens (tertiary/aromatic N) is 2. The smallest absolute Gasteiger partial charge is 0.251 e. The molecule has 0 radical (unpaired) electrons. The van der Waals surface area contributed by atoms with E-state index in [0.717, 1.165) is 66.9 Å². The summed E-state index contributed by atoms with van der Waals surface area (Å²) >= 11 is 0. The van der Waals surface area contributed by atoms with E-state index in [1.807, 2.05) is 37.3 Å². The number of carbonyl (C=O) groups is 1. The lowest BCUT2D eigenvalue weighted by molar-refractivity contribution is 0.0953. The second-order valence-corrected chi connectivity index (χ2v) is 11.1. The third-order valence-electron chi connectivity index (χ3n) is 6.93. The van der Waals surface area contributed by atoms with Gasteiger partial charge in [0.15, 0.2) is 0 Å². The predicted octanol–water partition coefficient (Wildman–Crippen LogP) is 7.25. The van der Waals surface area contributed by atoms with Crippen molar-refractivity contribution in [3.05, 3.63) is 95.3 Å². The first-order valence-corrected chi connectivity index (χ1v) is 13.8. The number of fused-ring (bicyclic) bond motifs is 1. The number of benzene rings is 3. The van der Waals surface area contributed by atoms with Gasteiger partial charge < -0.3 is 14.6 Å². The Labute approximate surface area is 227 Å². The van der Waals surface area contributed by atoms with Crippen molar-refractivity contribution < 1.29 is 9.53 Å². The zero-order chi connectivity index (χ0) is 27.0. The molecule has 0 fully saturated rings. The summed E-state index contributed by atoms with van der Waals surface area (Å²) in [5, 5.41) is 3.03. The maximum absolute atomic E-state index is 12.3. The van der Waals surface area contributed by atoms with Gasteiger partial charge in [0.1, 0.15) is 11.6 Å². The van der Waals surface area contributed by atoms with Crippen molar-refractivity contribution in [2.45, 2.75) is 71.8 Å². The van der Waals surface area contributed by atoms with E-state index in [-0.39, 0.29) is 11.3 Å². The van der Waals surface area contributed by atoms with Crippen molar-refractivity contribution in [2.75, 3.05) is 13.2 Å². The Morgan fingerprint density at radius 3 is 2.37 bits per heavy atom. The molecule has 0 aliphatic rings. The molecule has 1 N–H and O–H groups in total. The van der Waals surface area contributed by atoms with Gasteiger partial charge in [0.25, 0.3) is 5.91 Å². The van der Waals surface area contributed by atoms with E-state index in [0.29, 0.717) is 13.2 Å². The van der Waals surface area contributed by atoms with Gasteiger partial charge >= 0.3 is 0 Å². The SMILES string of the molecule is Cc1ccc(C(=O)NCCCCCc2nc3ccccc3n2CCCOc2ccc(C(C)(C)C)cc2)cc1. The van der Waals surface area contributed by atoms with Gasteiger partial charge in [0.05, 0.1) is 17.6 Å². The first kappa shape index (κ1) is 27.4. The van der Waals surface area contributed by atoms with Gasteiger partial charge in [-0.1, -0.05) is 69.2 Å². The van der Waals surface area contributed by atoms with Crippen LogP contribution in [0.25, 0.3) is 11.0 Å². The van der Waals surface area contributed by atoms with Crippen LogP contribution < -0.4 is 10.1 Å². The minimum Gasteiger partial charge on any atom is -0.494 e. The number of hydrogen-bond donors (Lipinski definition) is 1. The minimum absolute atomic E-state index is 0.000780. The Balaban J connectivity index is 1.24. The first-order valence-electron chi connectivity index (χ1n) is 13.8. The highest BCUT2D eigenvalue weighted by Crippen LogP contribution is 2.24. The van der Waals surface area contributed by atoms with E-state index in [9.17, 15) is 4.79 Å². The van der Waals surface area contributed by atoms with Crippen molar-refractivity contribution in [3.8, 4) is 5.75 Å². The van der Waals surface area contributed by atoms with Gasteiger partial charge in [-0.05, 0) is 73.6 Å². The second kappa shape index (κ2) is 12.8. The number of imidazole rings is 1. The zero-order valence-electron chi connectivity index (χ0n) is 23.3. The Hall–Kier alpha value is -3.60. The summed E-state index contributed by atoms with van der Waals surface area (Å²) in [5.41, 5.74) is 5.57.